The van der Waals surface area contributed by atoms with Crippen molar-refractivity contribution in [3.05, 3.63) is 64.7 Å². The molecule has 2 aliphatic rings. The van der Waals surface area contributed by atoms with E-state index in [-0.39, 0.29) is 36.9 Å². The number of likely N-dealkylation sites (N-methyl/N-ethyl adjacent to an activating group) is 1. The van der Waals surface area contributed by atoms with Crippen LogP contribution >= 0.6 is 0 Å². The quantitative estimate of drug-likeness (QED) is 0.659. The number of hydrogen-bond donors (Lipinski definition) is 1. The third-order valence-corrected chi connectivity index (χ3v) is 5.69. The Bertz CT molecular complexity index is 1150. The minimum Gasteiger partial charge on any atom is -0.435 e. The molecular weight excluding hydrogens is 424 g/mol. The summed E-state index contributed by atoms with van der Waals surface area (Å²) in [7, 11) is 1.57. The van der Waals surface area contributed by atoms with Crippen LogP contribution < -0.4 is 10.5 Å². The Morgan fingerprint density at radius 3 is 2.45 bits per heavy atom. The predicted molar refractivity (Wildman–Crippen MR) is 125 cm³/mol. The molecule has 1 aliphatic carbocycles. The third-order valence-electron chi connectivity index (χ3n) is 5.69. The van der Waals surface area contributed by atoms with Crippen molar-refractivity contribution < 1.29 is 18.3 Å². The second kappa shape index (κ2) is 9.22. The van der Waals surface area contributed by atoms with Crippen LogP contribution in [0.15, 0.2) is 47.5 Å². The minimum atomic E-state index is -2.92. The first kappa shape index (κ1) is 24.2. The molecule has 5 nitrogen and oxygen atoms in total. The summed E-state index contributed by atoms with van der Waals surface area (Å²) in [5.74, 6) is 6.49. The number of carbonyl (C=O) groups is 1. The molecule has 1 aliphatic heterocycles. The largest absolute Gasteiger partial charge is 0.435 e. The molecule has 1 fully saturated rings. The van der Waals surface area contributed by atoms with E-state index in [1.54, 1.807) is 19.2 Å². The highest BCUT2D eigenvalue weighted by atomic mass is 19.3. The van der Waals surface area contributed by atoms with E-state index >= 15 is 0 Å². The Kier molecular flexibility index (Phi) is 6.78. The average Bonchev–Trinajstić information content (AvgIpc) is 3.57. The van der Waals surface area contributed by atoms with Gasteiger partial charge in [-0.2, -0.15) is 8.78 Å². The van der Waals surface area contributed by atoms with Gasteiger partial charge in [-0.3, -0.25) is 9.69 Å². The number of guanidine groups is 1. The fraction of sp³-hybridized carbons (Fsp3) is 0.385. The highest BCUT2D eigenvalue weighted by Gasteiger charge is 2.50. The molecule has 1 amide bonds. The zero-order valence-corrected chi connectivity index (χ0v) is 18.2. The fourth-order valence-corrected chi connectivity index (χ4v) is 3.92. The first-order chi connectivity index (χ1) is 15.2. The zero-order valence-electron chi connectivity index (χ0n) is 18.2. The highest BCUT2D eigenvalue weighted by molar-refractivity contribution is 6.09. The molecule has 2 aromatic rings. The molecule has 0 aromatic heterocycles. The van der Waals surface area contributed by atoms with Crippen molar-refractivity contribution in [3.8, 4) is 17.6 Å². The summed E-state index contributed by atoms with van der Waals surface area (Å²) in [5.41, 5.74) is 7.25. The third kappa shape index (κ3) is 4.56. The number of benzene rings is 2. The predicted octanol–water partition coefficient (Wildman–Crippen LogP) is 4.84. The second-order valence-corrected chi connectivity index (χ2v) is 8.45. The van der Waals surface area contributed by atoms with Gasteiger partial charge in [-0.05, 0) is 59.7 Å². The van der Waals surface area contributed by atoms with Crippen LogP contribution in [0.4, 0.5) is 8.78 Å². The van der Waals surface area contributed by atoms with Crippen LogP contribution in [-0.2, 0) is 10.3 Å². The number of carbonyl (C=O) groups excluding carboxylic acids is 1. The van der Waals surface area contributed by atoms with Gasteiger partial charge in [0.05, 0.1) is 0 Å². The number of hydrogen-bond acceptors (Lipinski definition) is 4. The molecule has 0 bridgehead atoms. The molecule has 1 heterocycles. The van der Waals surface area contributed by atoms with Crippen molar-refractivity contribution in [2.45, 2.75) is 52.2 Å². The van der Waals surface area contributed by atoms with Gasteiger partial charge in [0.25, 0.3) is 5.91 Å². The molecular formula is C26H29F2N3O2. The lowest BCUT2D eigenvalue weighted by atomic mass is 9.81. The van der Waals surface area contributed by atoms with Crippen molar-refractivity contribution in [2.24, 2.45) is 16.6 Å². The van der Waals surface area contributed by atoms with E-state index in [4.69, 9.17) is 10.5 Å². The van der Waals surface area contributed by atoms with Crippen molar-refractivity contribution in [1.82, 2.24) is 4.90 Å². The number of amides is 1. The number of halogens is 2. The lowest BCUT2D eigenvalue weighted by molar-refractivity contribution is -0.129. The Morgan fingerprint density at radius 1 is 1.18 bits per heavy atom. The highest BCUT2D eigenvalue weighted by Crippen LogP contribution is 2.48. The maximum atomic E-state index is 13.5. The van der Waals surface area contributed by atoms with Crippen molar-refractivity contribution >= 4 is 11.9 Å². The Hall–Kier alpha value is -3.40. The molecule has 0 spiro atoms. The van der Waals surface area contributed by atoms with E-state index in [1.165, 1.54) is 11.0 Å². The topological polar surface area (TPSA) is 67.9 Å². The summed E-state index contributed by atoms with van der Waals surface area (Å²) >= 11 is 0. The molecule has 1 atom stereocenters. The van der Waals surface area contributed by atoms with Gasteiger partial charge in [0.1, 0.15) is 5.75 Å². The molecule has 174 valence electrons. The molecule has 7 heteroatoms. The molecule has 0 radical (unpaired) electrons. The van der Waals surface area contributed by atoms with Gasteiger partial charge in [-0.1, -0.05) is 51.3 Å². The monoisotopic (exact) mass is 453 g/mol. The number of ether oxygens (including phenoxy) is 1. The summed E-state index contributed by atoms with van der Waals surface area (Å²) < 4.78 is 30.6. The number of rotatable bonds is 5. The van der Waals surface area contributed by atoms with Crippen LogP contribution in [0.25, 0.3) is 0 Å². The van der Waals surface area contributed by atoms with E-state index in [9.17, 15) is 13.6 Å². The normalized spacial score (nSPS) is 19.8. The lowest BCUT2D eigenvalue weighted by Crippen LogP contribution is -2.41. The minimum absolute atomic E-state index is 0. The van der Waals surface area contributed by atoms with Crippen molar-refractivity contribution in [2.75, 3.05) is 7.05 Å². The maximum Gasteiger partial charge on any atom is 0.387 e. The molecule has 0 saturated heterocycles. The molecule has 1 saturated carbocycles. The van der Waals surface area contributed by atoms with Crippen LogP contribution in [0, 0.1) is 17.8 Å². The van der Waals surface area contributed by atoms with Gasteiger partial charge in [0.2, 0.25) is 0 Å². The summed E-state index contributed by atoms with van der Waals surface area (Å²) in [6.45, 7) is 1.08. The molecule has 33 heavy (non-hydrogen) atoms. The summed E-state index contributed by atoms with van der Waals surface area (Å²) in [6.07, 6.45) is 1.77. The Balaban J connectivity index is 0.00000306. The summed E-state index contributed by atoms with van der Waals surface area (Å²) in [6, 6.07) is 12.2. The number of nitrogens with two attached hydrogens (primary N) is 1. The van der Waals surface area contributed by atoms with Gasteiger partial charge in [-0.15, -0.1) is 0 Å². The fourth-order valence-electron chi connectivity index (χ4n) is 3.92. The first-order valence-electron chi connectivity index (χ1n) is 10.6. The van der Waals surface area contributed by atoms with E-state index in [1.807, 2.05) is 38.1 Å². The van der Waals surface area contributed by atoms with E-state index in [2.05, 4.69) is 16.8 Å². The van der Waals surface area contributed by atoms with Crippen LogP contribution in [0.3, 0.4) is 0 Å². The standard InChI is InChI=1S/C25H25F2N3O2.CH4/c1-15(2)7-8-16-5-4-6-18(13-16)25(22(31)30(3)24(28)29-25)19-11-12-21(32-23(26)27)20(14-19)17-9-10-17;/h4-6,11-15,17,23H,9-10H2,1-3H3,(H2,28,29);1H4/t25-;/m1./s1. The number of aliphatic imine (C=N–C) groups is 1. The molecule has 4 rings (SSSR count). The Labute approximate surface area is 193 Å². The smallest absolute Gasteiger partial charge is 0.387 e. The van der Waals surface area contributed by atoms with Gasteiger partial charge in [-0.25, -0.2) is 4.99 Å². The summed E-state index contributed by atoms with van der Waals surface area (Å²) in [5, 5.41) is 0. The average molecular weight is 454 g/mol. The number of alkyl halides is 2. The second-order valence-electron chi connectivity index (χ2n) is 8.45. The van der Waals surface area contributed by atoms with Gasteiger partial charge >= 0.3 is 6.61 Å². The maximum absolute atomic E-state index is 13.5. The van der Waals surface area contributed by atoms with E-state index in [0.717, 1.165) is 18.4 Å². The molecule has 2 N–H and O–H groups in total. The molecule has 2 aromatic carbocycles. The van der Waals surface area contributed by atoms with Crippen LogP contribution in [0.1, 0.15) is 62.3 Å². The lowest BCUT2D eigenvalue weighted by Gasteiger charge is -2.27. The van der Waals surface area contributed by atoms with E-state index < -0.39 is 12.2 Å². The van der Waals surface area contributed by atoms with Gasteiger partial charge in [0, 0.05) is 18.5 Å². The van der Waals surface area contributed by atoms with Crippen LogP contribution in [0.5, 0.6) is 5.75 Å². The van der Waals surface area contributed by atoms with Gasteiger partial charge in [0.15, 0.2) is 11.5 Å². The molecule has 0 unspecified atom stereocenters. The van der Waals surface area contributed by atoms with Gasteiger partial charge < -0.3 is 10.5 Å². The van der Waals surface area contributed by atoms with Crippen molar-refractivity contribution in [1.29, 1.82) is 0 Å². The van der Waals surface area contributed by atoms with Crippen LogP contribution in [0.2, 0.25) is 0 Å². The van der Waals surface area contributed by atoms with Crippen molar-refractivity contribution in [3.63, 3.8) is 0 Å². The van der Waals surface area contributed by atoms with Crippen LogP contribution in [-0.4, -0.2) is 30.4 Å². The first-order valence-corrected chi connectivity index (χ1v) is 10.6. The number of nitrogens with zero attached hydrogens (tertiary/aromatic N) is 2. The summed E-state index contributed by atoms with van der Waals surface area (Å²) in [4.78, 5) is 19.4. The van der Waals surface area contributed by atoms with E-state index in [0.29, 0.717) is 16.7 Å². The SMILES string of the molecule is C.CC(C)C#Cc1cccc([C@]2(c3ccc(OC(F)F)c(C4CC4)c3)N=C(N)N(C)C2=O)c1. The zero-order chi connectivity index (χ0) is 23.0. The Morgan fingerprint density at radius 2 is 1.88 bits per heavy atom.